The smallest absolute Gasteiger partial charge is 0.319 e. The zero-order valence-corrected chi connectivity index (χ0v) is 9.56. The Kier molecular flexibility index (Phi) is 3.08. The van der Waals surface area contributed by atoms with Crippen molar-refractivity contribution in [2.45, 2.75) is 20.0 Å². The number of nitrogens with zero attached hydrogens (tertiary/aromatic N) is 4. The van der Waals surface area contributed by atoms with Crippen molar-refractivity contribution in [3.05, 3.63) is 30.0 Å². The van der Waals surface area contributed by atoms with Crippen LogP contribution in [-0.4, -0.2) is 19.3 Å². The summed E-state index contributed by atoms with van der Waals surface area (Å²) >= 11 is 0. The molecule has 2 aromatic heterocycles. The van der Waals surface area contributed by atoms with Gasteiger partial charge in [0.2, 0.25) is 0 Å². The summed E-state index contributed by atoms with van der Waals surface area (Å²) in [6.07, 6.45) is 2.61. The van der Waals surface area contributed by atoms with Crippen LogP contribution in [0.25, 0.3) is 0 Å². The van der Waals surface area contributed by atoms with E-state index in [0.29, 0.717) is 5.82 Å². The van der Waals surface area contributed by atoms with E-state index in [2.05, 4.69) is 15.4 Å². The quantitative estimate of drug-likeness (QED) is 0.889. The number of anilines is 1. The van der Waals surface area contributed by atoms with Crippen LogP contribution in [0.15, 0.2) is 18.5 Å². The van der Waals surface area contributed by atoms with Crippen LogP contribution in [0, 0.1) is 6.92 Å². The molecule has 0 amide bonds. The van der Waals surface area contributed by atoms with E-state index in [1.54, 1.807) is 4.68 Å². The number of rotatable bonds is 4. The standard InChI is InChI=1S/C10H13F2N5/c1-7-5-8(15-16(7)2)14-6-9-13-3-4-17(9)10(11)12/h3-5,10H,6H2,1-2H3,(H,14,15). The normalized spacial score (nSPS) is 11.1. The molecular formula is C10H13F2N5. The monoisotopic (exact) mass is 241 g/mol. The molecule has 0 spiro atoms. The first-order valence-electron chi connectivity index (χ1n) is 5.12. The van der Waals surface area contributed by atoms with Crippen LogP contribution in [0.5, 0.6) is 0 Å². The average molecular weight is 241 g/mol. The predicted octanol–water partition coefficient (Wildman–Crippen LogP) is 1.93. The third-order valence-electron chi connectivity index (χ3n) is 2.50. The number of aryl methyl sites for hydroxylation is 2. The summed E-state index contributed by atoms with van der Waals surface area (Å²) in [4.78, 5) is 3.87. The summed E-state index contributed by atoms with van der Waals surface area (Å²) in [6, 6.07) is 1.84. The van der Waals surface area contributed by atoms with Gasteiger partial charge in [0.1, 0.15) is 11.6 Å². The summed E-state index contributed by atoms with van der Waals surface area (Å²) in [5.41, 5.74) is 0.990. The Morgan fingerprint density at radius 3 is 2.82 bits per heavy atom. The molecule has 92 valence electrons. The van der Waals surface area contributed by atoms with E-state index in [1.165, 1.54) is 12.4 Å². The number of alkyl halides is 2. The van der Waals surface area contributed by atoms with Gasteiger partial charge in [0, 0.05) is 31.2 Å². The van der Waals surface area contributed by atoms with Crippen molar-refractivity contribution in [1.82, 2.24) is 19.3 Å². The molecule has 7 heteroatoms. The topological polar surface area (TPSA) is 47.7 Å². The third-order valence-corrected chi connectivity index (χ3v) is 2.50. The Morgan fingerprint density at radius 2 is 2.24 bits per heavy atom. The molecule has 0 fully saturated rings. The molecule has 0 aromatic carbocycles. The van der Waals surface area contributed by atoms with Crippen molar-refractivity contribution in [2.75, 3.05) is 5.32 Å². The van der Waals surface area contributed by atoms with E-state index in [4.69, 9.17) is 0 Å². The Bertz CT molecular complexity index is 483. The van der Waals surface area contributed by atoms with Crippen molar-refractivity contribution >= 4 is 5.82 Å². The molecule has 0 atom stereocenters. The van der Waals surface area contributed by atoms with Crippen LogP contribution in [0.3, 0.4) is 0 Å². The van der Waals surface area contributed by atoms with Gasteiger partial charge in [-0.25, -0.2) is 4.98 Å². The van der Waals surface area contributed by atoms with Crippen molar-refractivity contribution in [3.63, 3.8) is 0 Å². The molecular weight excluding hydrogens is 228 g/mol. The second-order valence-corrected chi connectivity index (χ2v) is 3.68. The lowest BCUT2D eigenvalue weighted by atomic mass is 10.4. The lowest BCUT2D eigenvalue weighted by Crippen LogP contribution is -2.09. The second kappa shape index (κ2) is 4.52. The largest absolute Gasteiger partial charge is 0.361 e. The van der Waals surface area contributed by atoms with Gasteiger partial charge in [0.25, 0.3) is 0 Å². The average Bonchev–Trinajstić information content (AvgIpc) is 2.83. The van der Waals surface area contributed by atoms with E-state index >= 15 is 0 Å². The van der Waals surface area contributed by atoms with Gasteiger partial charge in [-0.3, -0.25) is 9.25 Å². The zero-order valence-electron chi connectivity index (χ0n) is 9.56. The van der Waals surface area contributed by atoms with Crippen LogP contribution < -0.4 is 5.32 Å². The Morgan fingerprint density at radius 1 is 1.47 bits per heavy atom. The third kappa shape index (κ3) is 2.43. The molecule has 0 aliphatic heterocycles. The molecule has 0 aliphatic carbocycles. The molecule has 0 saturated heterocycles. The highest BCUT2D eigenvalue weighted by atomic mass is 19.3. The van der Waals surface area contributed by atoms with E-state index in [1.807, 2.05) is 20.0 Å². The van der Waals surface area contributed by atoms with Crippen molar-refractivity contribution in [3.8, 4) is 0 Å². The maximum atomic E-state index is 12.5. The van der Waals surface area contributed by atoms with Crippen molar-refractivity contribution < 1.29 is 8.78 Å². The summed E-state index contributed by atoms with van der Waals surface area (Å²) in [6.45, 7) is -0.439. The zero-order chi connectivity index (χ0) is 12.4. The van der Waals surface area contributed by atoms with E-state index in [-0.39, 0.29) is 12.4 Å². The highest BCUT2D eigenvalue weighted by Gasteiger charge is 2.11. The Labute approximate surface area is 97.1 Å². The van der Waals surface area contributed by atoms with Gasteiger partial charge >= 0.3 is 6.55 Å². The highest BCUT2D eigenvalue weighted by molar-refractivity contribution is 5.35. The SMILES string of the molecule is Cc1cc(NCc2nccn2C(F)F)nn1C. The molecule has 0 radical (unpaired) electrons. The van der Waals surface area contributed by atoms with Crippen molar-refractivity contribution in [1.29, 1.82) is 0 Å². The summed E-state index contributed by atoms with van der Waals surface area (Å²) in [5, 5.41) is 7.12. The summed E-state index contributed by atoms with van der Waals surface area (Å²) in [7, 11) is 1.82. The number of halogens is 2. The molecule has 0 aliphatic rings. The summed E-state index contributed by atoms with van der Waals surface area (Å²) in [5.74, 6) is 0.928. The first kappa shape index (κ1) is 11.6. The van der Waals surface area contributed by atoms with Crippen LogP contribution in [-0.2, 0) is 13.6 Å². The van der Waals surface area contributed by atoms with Crippen molar-refractivity contribution in [2.24, 2.45) is 7.05 Å². The van der Waals surface area contributed by atoms with Crippen LogP contribution in [0.1, 0.15) is 18.1 Å². The van der Waals surface area contributed by atoms with E-state index in [9.17, 15) is 8.78 Å². The minimum absolute atomic E-state index is 0.216. The lowest BCUT2D eigenvalue weighted by molar-refractivity contribution is 0.0673. The van der Waals surface area contributed by atoms with Crippen LogP contribution in [0.2, 0.25) is 0 Å². The number of imidazole rings is 1. The Balaban J connectivity index is 2.04. The fraction of sp³-hybridized carbons (Fsp3) is 0.400. The molecule has 5 nitrogen and oxygen atoms in total. The second-order valence-electron chi connectivity index (χ2n) is 3.68. The molecule has 1 N–H and O–H groups in total. The fourth-order valence-electron chi connectivity index (χ4n) is 1.48. The first-order chi connectivity index (χ1) is 8.08. The minimum atomic E-state index is -2.57. The van der Waals surface area contributed by atoms with Gasteiger partial charge in [-0.15, -0.1) is 0 Å². The number of aromatic nitrogens is 4. The number of hydrogen-bond donors (Lipinski definition) is 1. The van der Waals surface area contributed by atoms with Gasteiger partial charge < -0.3 is 5.32 Å². The van der Waals surface area contributed by atoms with Gasteiger partial charge in [0.15, 0.2) is 0 Å². The predicted molar refractivity (Wildman–Crippen MR) is 58.8 cm³/mol. The van der Waals surface area contributed by atoms with Crippen LogP contribution in [0.4, 0.5) is 14.6 Å². The van der Waals surface area contributed by atoms with Gasteiger partial charge in [0.05, 0.1) is 6.54 Å². The van der Waals surface area contributed by atoms with Gasteiger partial charge in [-0.2, -0.15) is 13.9 Å². The molecule has 17 heavy (non-hydrogen) atoms. The first-order valence-corrected chi connectivity index (χ1v) is 5.12. The van der Waals surface area contributed by atoms with Gasteiger partial charge in [-0.05, 0) is 6.92 Å². The maximum Gasteiger partial charge on any atom is 0.319 e. The summed E-state index contributed by atoms with van der Waals surface area (Å²) < 4.78 is 27.6. The molecule has 0 bridgehead atoms. The number of nitrogens with one attached hydrogen (secondary N) is 1. The highest BCUT2D eigenvalue weighted by Crippen LogP contribution is 2.14. The van der Waals surface area contributed by atoms with E-state index in [0.717, 1.165) is 10.3 Å². The van der Waals surface area contributed by atoms with Crippen LogP contribution >= 0.6 is 0 Å². The Hall–Kier alpha value is -1.92. The molecule has 2 aromatic rings. The maximum absolute atomic E-state index is 12.5. The number of hydrogen-bond acceptors (Lipinski definition) is 3. The molecule has 2 heterocycles. The molecule has 0 saturated carbocycles. The lowest BCUT2D eigenvalue weighted by Gasteiger charge is -2.06. The van der Waals surface area contributed by atoms with Gasteiger partial charge in [-0.1, -0.05) is 0 Å². The molecule has 0 unspecified atom stereocenters. The van der Waals surface area contributed by atoms with E-state index < -0.39 is 6.55 Å². The molecule has 2 rings (SSSR count). The fourth-order valence-corrected chi connectivity index (χ4v) is 1.48. The minimum Gasteiger partial charge on any atom is -0.361 e.